The molecule has 2 aromatic carbocycles. The molecule has 0 radical (unpaired) electrons. The van der Waals surface area contributed by atoms with Gasteiger partial charge in [0.2, 0.25) is 0 Å². The second-order valence-corrected chi connectivity index (χ2v) is 5.99. The summed E-state index contributed by atoms with van der Waals surface area (Å²) in [6, 6.07) is 16.4. The molecule has 0 spiro atoms. The number of pyridine rings is 1. The highest BCUT2D eigenvalue weighted by Gasteiger charge is 2.14. The molecule has 1 unspecified atom stereocenters. The van der Waals surface area contributed by atoms with E-state index in [1.54, 1.807) is 6.20 Å². The minimum Gasteiger partial charge on any atom is -0.490 e. The fraction of sp³-hybridized carbons (Fsp3) is 0.200. The number of nitrogens with one attached hydrogen (secondary N) is 1. The molecule has 4 aromatic rings. The van der Waals surface area contributed by atoms with Crippen molar-refractivity contribution in [1.29, 1.82) is 0 Å². The van der Waals surface area contributed by atoms with Gasteiger partial charge in [0.15, 0.2) is 5.65 Å². The van der Waals surface area contributed by atoms with Gasteiger partial charge in [0.05, 0.1) is 17.2 Å². The molecule has 1 atom stereocenters. The predicted molar refractivity (Wildman–Crippen MR) is 97.2 cm³/mol. The lowest BCUT2D eigenvalue weighted by Crippen LogP contribution is -2.10. The second-order valence-electron chi connectivity index (χ2n) is 5.99. The Bertz CT molecular complexity index is 973. The molecule has 0 aliphatic rings. The predicted octanol–water partition coefficient (Wildman–Crippen LogP) is 4.96. The maximum Gasteiger partial charge on any atom is 0.178 e. The number of aromatic nitrogens is 3. The van der Waals surface area contributed by atoms with Crippen molar-refractivity contribution in [2.75, 3.05) is 0 Å². The molecular weight excluding hydrogens is 298 g/mol. The van der Waals surface area contributed by atoms with E-state index in [0.717, 1.165) is 45.5 Å². The Morgan fingerprint density at radius 1 is 1.08 bits per heavy atom. The van der Waals surface area contributed by atoms with Crippen molar-refractivity contribution in [3.05, 3.63) is 54.7 Å². The number of rotatable bonds is 4. The first-order valence-corrected chi connectivity index (χ1v) is 8.25. The van der Waals surface area contributed by atoms with Gasteiger partial charge < -0.3 is 9.72 Å². The van der Waals surface area contributed by atoms with Crippen LogP contribution in [-0.2, 0) is 0 Å². The standard InChI is InChI=1S/C20H19N3O/c1-3-13(2)24-18-12-15-8-5-4-7-14(15)11-16(18)19-22-17-9-6-10-21-20(17)23-19/h4-13H,3H2,1-2H3,(H,21,22,23). The lowest BCUT2D eigenvalue weighted by atomic mass is 10.1. The molecule has 0 fully saturated rings. The summed E-state index contributed by atoms with van der Waals surface area (Å²) in [7, 11) is 0. The molecular formula is C20H19N3O. The van der Waals surface area contributed by atoms with E-state index in [-0.39, 0.29) is 6.10 Å². The van der Waals surface area contributed by atoms with Gasteiger partial charge in [-0.3, -0.25) is 0 Å². The summed E-state index contributed by atoms with van der Waals surface area (Å²) >= 11 is 0. The number of ether oxygens (including phenoxy) is 1. The van der Waals surface area contributed by atoms with Crippen LogP contribution in [0.2, 0.25) is 0 Å². The van der Waals surface area contributed by atoms with Crippen molar-refractivity contribution < 1.29 is 4.74 Å². The minimum absolute atomic E-state index is 0.146. The Kier molecular flexibility index (Phi) is 3.65. The number of hydrogen-bond donors (Lipinski definition) is 1. The molecule has 1 N–H and O–H groups in total. The number of aromatic amines is 1. The van der Waals surface area contributed by atoms with Gasteiger partial charge in [0, 0.05) is 6.20 Å². The molecule has 0 aliphatic heterocycles. The van der Waals surface area contributed by atoms with Gasteiger partial charge in [0.25, 0.3) is 0 Å². The van der Waals surface area contributed by atoms with Crippen LogP contribution in [0.3, 0.4) is 0 Å². The topological polar surface area (TPSA) is 50.8 Å². The highest BCUT2D eigenvalue weighted by Crippen LogP contribution is 2.34. The van der Waals surface area contributed by atoms with E-state index in [4.69, 9.17) is 4.74 Å². The van der Waals surface area contributed by atoms with Gasteiger partial charge >= 0.3 is 0 Å². The van der Waals surface area contributed by atoms with Crippen LogP contribution >= 0.6 is 0 Å². The van der Waals surface area contributed by atoms with Crippen LogP contribution in [0.25, 0.3) is 33.3 Å². The summed E-state index contributed by atoms with van der Waals surface area (Å²) in [5.74, 6) is 1.63. The monoisotopic (exact) mass is 317 g/mol. The lowest BCUT2D eigenvalue weighted by molar-refractivity contribution is 0.218. The van der Waals surface area contributed by atoms with Crippen LogP contribution < -0.4 is 4.74 Å². The molecule has 120 valence electrons. The first-order valence-electron chi connectivity index (χ1n) is 8.25. The molecule has 0 saturated heterocycles. The normalized spacial score (nSPS) is 12.6. The molecule has 0 aliphatic carbocycles. The minimum atomic E-state index is 0.146. The molecule has 0 saturated carbocycles. The Hall–Kier alpha value is -2.88. The van der Waals surface area contributed by atoms with Crippen molar-refractivity contribution in [3.8, 4) is 17.1 Å². The zero-order chi connectivity index (χ0) is 16.5. The summed E-state index contributed by atoms with van der Waals surface area (Å²) in [5.41, 5.74) is 2.61. The number of hydrogen-bond acceptors (Lipinski definition) is 3. The van der Waals surface area contributed by atoms with Gasteiger partial charge in [-0.25, -0.2) is 9.97 Å². The van der Waals surface area contributed by atoms with Crippen molar-refractivity contribution >= 4 is 21.9 Å². The van der Waals surface area contributed by atoms with Crippen LogP contribution in [0.1, 0.15) is 20.3 Å². The van der Waals surface area contributed by atoms with Crippen molar-refractivity contribution in [1.82, 2.24) is 15.0 Å². The summed E-state index contributed by atoms with van der Waals surface area (Å²) in [4.78, 5) is 12.3. The number of imidazole rings is 1. The highest BCUT2D eigenvalue weighted by molar-refractivity contribution is 5.90. The van der Waals surface area contributed by atoms with Gasteiger partial charge in [-0.2, -0.15) is 0 Å². The number of nitrogens with zero attached hydrogens (tertiary/aromatic N) is 2. The van der Waals surface area contributed by atoms with E-state index in [0.29, 0.717) is 0 Å². The second kappa shape index (κ2) is 5.96. The summed E-state index contributed by atoms with van der Waals surface area (Å²) in [5, 5.41) is 2.33. The molecule has 4 nitrogen and oxygen atoms in total. The smallest absolute Gasteiger partial charge is 0.178 e. The average Bonchev–Trinajstić information content (AvgIpc) is 3.05. The van der Waals surface area contributed by atoms with Gasteiger partial charge in [-0.15, -0.1) is 0 Å². The average molecular weight is 317 g/mol. The molecule has 24 heavy (non-hydrogen) atoms. The Morgan fingerprint density at radius 2 is 1.88 bits per heavy atom. The third-order valence-electron chi connectivity index (χ3n) is 4.26. The van der Waals surface area contributed by atoms with E-state index in [1.165, 1.54) is 0 Å². The molecule has 0 amide bonds. The van der Waals surface area contributed by atoms with E-state index in [1.807, 2.05) is 24.3 Å². The van der Waals surface area contributed by atoms with Crippen molar-refractivity contribution in [2.24, 2.45) is 0 Å². The van der Waals surface area contributed by atoms with Crippen LogP contribution in [0.4, 0.5) is 0 Å². The maximum absolute atomic E-state index is 6.17. The van der Waals surface area contributed by atoms with Gasteiger partial charge in [-0.05, 0) is 48.4 Å². The molecule has 4 heteroatoms. The maximum atomic E-state index is 6.17. The Labute approximate surface area is 140 Å². The quantitative estimate of drug-likeness (QED) is 0.579. The van der Waals surface area contributed by atoms with Gasteiger partial charge in [-0.1, -0.05) is 31.2 Å². The van der Waals surface area contributed by atoms with Crippen LogP contribution in [0.15, 0.2) is 54.7 Å². The molecule has 4 rings (SSSR count). The van der Waals surface area contributed by atoms with E-state index in [2.05, 4.69) is 53.1 Å². The lowest BCUT2D eigenvalue weighted by Gasteiger charge is -2.16. The van der Waals surface area contributed by atoms with Crippen LogP contribution in [0, 0.1) is 0 Å². The Morgan fingerprint density at radius 3 is 2.62 bits per heavy atom. The van der Waals surface area contributed by atoms with E-state index < -0.39 is 0 Å². The molecule has 0 bridgehead atoms. The van der Waals surface area contributed by atoms with Crippen LogP contribution in [0.5, 0.6) is 5.75 Å². The van der Waals surface area contributed by atoms with Crippen molar-refractivity contribution in [2.45, 2.75) is 26.4 Å². The summed E-state index contributed by atoms with van der Waals surface area (Å²) < 4.78 is 6.17. The first-order chi connectivity index (χ1) is 11.7. The largest absolute Gasteiger partial charge is 0.490 e. The van der Waals surface area contributed by atoms with Crippen molar-refractivity contribution in [3.63, 3.8) is 0 Å². The van der Waals surface area contributed by atoms with Gasteiger partial charge in [0.1, 0.15) is 11.6 Å². The number of H-pyrrole nitrogens is 1. The number of fused-ring (bicyclic) bond motifs is 2. The number of benzene rings is 2. The third kappa shape index (κ3) is 2.60. The third-order valence-corrected chi connectivity index (χ3v) is 4.26. The molecule has 2 aromatic heterocycles. The Balaban J connectivity index is 1.92. The fourth-order valence-electron chi connectivity index (χ4n) is 2.77. The fourth-order valence-corrected chi connectivity index (χ4v) is 2.77. The summed E-state index contributed by atoms with van der Waals surface area (Å²) in [6.07, 6.45) is 2.85. The van der Waals surface area contributed by atoms with Crippen LogP contribution in [-0.4, -0.2) is 21.1 Å². The molecule has 2 heterocycles. The summed E-state index contributed by atoms with van der Waals surface area (Å²) in [6.45, 7) is 4.20. The zero-order valence-electron chi connectivity index (χ0n) is 13.8. The first kappa shape index (κ1) is 14.7. The zero-order valence-corrected chi connectivity index (χ0v) is 13.8. The highest BCUT2D eigenvalue weighted by atomic mass is 16.5. The SMILES string of the molecule is CCC(C)Oc1cc2ccccc2cc1-c1nc2ncccc2[nH]1. The van der Waals surface area contributed by atoms with E-state index >= 15 is 0 Å². The van der Waals surface area contributed by atoms with E-state index in [9.17, 15) is 0 Å².